The second kappa shape index (κ2) is 7.40. The first-order chi connectivity index (χ1) is 12.5. The molecule has 0 aliphatic rings. The van der Waals surface area contributed by atoms with Gasteiger partial charge in [0.1, 0.15) is 5.69 Å². The molecule has 8 heteroatoms. The number of hydrogen-bond donors (Lipinski definition) is 1. The zero-order valence-corrected chi connectivity index (χ0v) is 15.0. The molecule has 3 rings (SSSR count). The van der Waals surface area contributed by atoms with Gasteiger partial charge in [0.2, 0.25) is 0 Å². The summed E-state index contributed by atoms with van der Waals surface area (Å²) in [5, 5.41) is 14.5. The van der Waals surface area contributed by atoms with E-state index in [0.29, 0.717) is 22.1 Å². The number of carbonyl (C=O) groups is 1. The van der Waals surface area contributed by atoms with Gasteiger partial charge in [0, 0.05) is 11.8 Å². The van der Waals surface area contributed by atoms with Crippen LogP contribution in [0.2, 0.25) is 0 Å². The molecule has 0 saturated heterocycles. The molecule has 0 unspecified atom stereocenters. The number of anilines is 1. The van der Waals surface area contributed by atoms with Gasteiger partial charge >= 0.3 is 0 Å². The summed E-state index contributed by atoms with van der Waals surface area (Å²) < 4.78 is 1.76. The molecule has 0 bridgehead atoms. The smallest absolute Gasteiger partial charge is 0.274 e. The number of rotatable bonds is 5. The van der Waals surface area contributed by atoms with Gasteiger partial charge in [-0.1, -0.05) is 36.0 Å². The summed E-state index contributed by atoms with van der Waals surface area (Å²) in [7, 11) is 0. The van der Waals surface area contributed by atoms with Crippen molar-refractivity contribution in [1.29, 1.82) is 0 Å². The van der Waals surface area contributed by atoms with Gasteiger partial charge in [-0.05, 0) is 31.4 Å². The number of amides is 1. The summed E-state index contributed by atoms with van der Waals surface area (Å²) in [4.78, 5) is 27.7. The largest absolute Gasteiger partial charge is 0.320 e. The highest BCUT2D eigenvalue weighted by Crippen LogP contribution is 2.27. The van der Waals surface area contributed by atoms with E-state index in [0.717, 1.165) is 5.69 Å². The van der Waals surface area contributed by atoms with Crippen molar-refractivity contribution in [3.63, 3.8) is 0 Å². The Kier molecular flexibility index (Phi) is 5.04. The van der Waals surface area contributed by atoms with E-state index in [-0.39, 0.29) is 11.6 Å². The molecule has 0 aliphatic heterocycles. The molecule has 3 aromatic rings. The van der Waals surface area contributed by atoms with Crippen molar-refractivity contribution in [2.45, 2.75) is 12.1 Å². The van der Waals surface area contributed by atoms with E-state index >= 15 is 0 Å². The second-order valence-corrected chi connectivity index (χ2v) is 6.24. The van der Waals surface area contributed by atoms with E-state index in [9.17, 15) is 14.9 Å². The van der Waals surface area contributed by atoms with E-state index in [1.54, 1.807) is 23.6 Å². The van der Waals surface area contributed by atoms with Gasteiger partial charge in [-0.15, -0.1) is 0 Å². The van der Waals surface area contributed by atoms with Crippen LogP contribution >= 0.6 is 11.8 Å². The van der Waals surface area contributed by atoms with E-state index in [2.05, 4.69) is 10.3 Å². The van der Waals surface area contributed by atoms with Crippen LogP contribution in [-0.2, 0) is 0 Å². The number of benzene rings is 2. The van der Waals surface area contributed by atoms with Crippen LogP contribution < -0.4 is 5.32 Å². The van der Waals surface area contributed by atoms with Gasteiger partial charge in [-0.25, -0.2) is 4.98 Å². The van der Waals surface area contributed by atoms with Crippen LogP contribution in [-0.4, -0.2) is 26.6 Å². The third kappa shape index (κ3) is 3.31. The van der Waals surface area contributed by atoms with E-state index in [4.69, 9.17) is 0 Å². The number of hydrogen-bond acceptors (Lipinski definition) is 5. The number of nitro benzene ring substituents is 1. The van der Waals surface area contributed by atoms with Gasteiger partial charge in [-0.3, -0.25) is 19.5 Å². The molecule has 0 radical (unpaired) electrons. The molecule has 0 saturated carbocycles. The summed E-state index contributed by atoms with van der Waals surface area (Å²) in [6.45, 7) is 1.61. The zero-order chi connectivity index (χ0) is 18.7. The van der Waals surface area contributed by atoms with Crippen molar-refractivity contribution in [3.8, 4) is 5.69 Å². The summed E-state index contributed by atoms with van der Waals surface area (Å²) in [5.41, 5.74) is 1.93. The van der Waals surface area contributed by atoms with Crippen LogP contribution in [0.4, 0.5) is 11.4 Å². The Morgan fingerprint density at radius 3 is 2.58 bits per heavy atom. The molecule has 0 atom stereocenters. The number of nitrogens with zero attached hydrogens (tertiary/aromatic N) is 3. The SMILES string of the molecule is CSc1ncc(C(=O)Nc2cccc([N+](=O)[O-])c2C)n1-c1ccccc1. The quantitative estimate of drug-likeness (QED) is 0.417. The molecule has 132 valence electrons. The lowest BCUT2D eigenvalue weighted by atomic mass is 10.1. The summed E-state index contributed by atoms with van der Waals surface area (Å²) in [6, 6.07) is 14.0. The van der Waals surface area contributed by atoms with E-state index in [1.807, 2.05) is 36.6 Å². The number of carbonyl (C=O) groups excluding carboxylic acids is 1. The molecule has 0 fully saturated rings. The van der Waals surface area contributed by atoms with Gasteiger partial charge in [0.15, 0.2) is 5.16 Å². The molecule has 1 N–H and O–H groups in total. The van der Waals surface area contributed by atoms with Gasteiger partial charge in [0.25, 0.3) is 11.6 Å². The average Bonchev–Trinajstić information content (AvgIpc) is 3.08. The number of imidazole rings is 1. The topological polar surface area (TPSA) is 90.1 Å². The summed E-state index contributed by atoms with van der Waals surface area (Å²) in [6.07, 6.45) is 3.38. The summed E-state index contributed by atoms with van der Waals surface area (Å²) in [5.74, 6) is -0.384. The highest BCUT2D eigenvalue weighted by molar-refractivity contribution is 7.98. The number of nitrogens with one attached hydrogen (secondary N) is 1. The Labute approximate surface area is 154 Å². The molecule has 0 aliphatic carbocycles. The fraction of sp³-hybridized carbons (Fsp3) is 0.111. The van der Waals surface area contributed by atoms with E-state index < -0.39 is 4.92 Å². The monoisotopic (exact) mass is 368 g/mol. The maximum Gasteiger partial charge on any atom is 0.274 e. The van der Waals surface area contributed by atoms with Crippen LogP contribution in [0.3, 0.4) is 0 Å². The number of thioether (sulfide) groups is 1. The minimum Gasteiger partial charge on any atom is -0.320 e. The van der Waals surface area contributed by atoms with Crippen molar-refractivity contribution < 1.29 is 9.72 Å². The zero-order valence-electron chi connectivity index (χ0n) is 14.2. The fourth-order valence-corrected chi connectivity index (χ4v) is 3.15. The molecule has 1 heterocycles. The average molecular weight is 368 g/mol. The van der Waals surface area contributed by atoms with Crippen LogP contribution in [0, 0.1) is 17.0 Å². The third-order valence-corrected chi connectivity index (χ3v) is 4.56. The Hall–Kier alpha value is -3.13. The van der Waals surface area contributed by atoms with Crippen LogP contribution in [0.25, 0.3) is 5.69 Å². The lowest BCUT2D eigenvalue weighted by molar-refractivity contribution is -0.385. The predicted octanol–water partition coefficient (Wildman–Crippen LogP) is 4.06. The van der Waals surface area contributed by atoms with E-state index in [1.165, 1.54) is 24.0 Å². The molecule has 26 heavy (non-hydrogen) atoms. The minimum atomic E-state index is -0.467. The molecule has 1 aromatic heterocycles. The first-order valence-electron chi connectivity index (χ1n) is 7.75. The first-order valence-corrected chi connectivity index (χ1v) is 8.98. The predicted molar refractivity (Wildman–Crippen MR) is 101 cm³/mol. The van der Waals surface area contributed by atoms with Crippen LogP contribution in [0.5, 0.6) is 0 Å². The summed E-state index contributed by atoms with van der Waals surface area (Å²) >= 11 is 1.43. The Balaban J connectivity index is 1.99. The van der Waals surface area contributed by atoms with Crippen LogP contribution in [0.1, 0.15) is 16.1 Å². The Morgan fingerprint density at radius 1 is 1.19 bits per heavy atom. The third-order valence-electron chi connectivity index (χ3n) is 3.91. The molecule has 1 amide bonds. The fourth-order valence-electron chi connectivity index (χ4n) is 2.61. The molecule has 2 aromatic carbocycles. The standard InChI is InChI=1S/C18H16N4O3S/c1-12-14(9-6-10-15(12)22(24)25)20-17(23)16-11-19-18(26-2)21(16)13-7-4-3-5-8-13/h3-11H,1-2H3,(H,20,23). The second-order valence-electron chi connectivity index (χ2n) is 5.46. The normalized spacial score (nSPS) is 10.5. The molecule has 0 spiro atoms. The lowest BCUT2D eigenvalue weighted by Crippen LogP contribution is -2.17. The van der Waals surface area contributed by atoms with Gasteiger partial charge in [0.05, 0.1) is 22.4 Å². The van der Waals surface area contributed by atoms with Crippen molar-refractivity contribution in [1.82, 2.24) is 9.55 Å². The first kappa shape index (κ1) is 17.7. The molecule has 7 nitrogen and oxygen atoms in total. The lowest BCUT2D eigenvalue weighted by Gasteiger charge is -2.12. The maximum absolute atomic E-state index is 12.8. The molecular formula is C18H16N4O3S. The highest BCUT2D eigenvalue weighted by atomic mass is 32.2. The Bertz CT molecular complexity index is 970. The Morgan fingerprint density at radius 2 is 1.92 bits per heavy atom. The number of nitro groups is 1. The highest BCUT2D eigenvalue weighted by Gasteiger charge is 2.20. The molecular weight excluding hydrogens is 352 g/mol. The van der Waals surface area contributed by atoms with Gasteiger partial charge in [-0.2, -0.15) is 0 Å². The number of aromatic nitrogens is 2. The van der Waals surface area contributed by atoms with Crippen molar-refractivity contribution in [2.24, 2.45) is 0 Å². The van der Waals surface area contributed by atoms with Crippen LogP contribution in [0.15, 0.2) is 59.9 Å². The van der Waals surface area contributed by atoms with Crippen molar-refractivity contribution in [3.05, 3.63) is 76.1 Å². The maximum atomic E-state index is 12.8. The van der Waals surface area contributed by atoms with Gasteiger partial charge < -0.3 is 5.32 Å². The number of para-hydroxylation sites is 1. The van der Waals surface area contributed by atoms with Crippen molar-refractivity contribution >= 4 is 29.0 Å². The minimum absolute atomic E-state index is 0.0378. The van der Waals surface area contributed by atoms with Crippen molar-refractivity contribution in [2.75, 3.05) is 11.6 Å².